The molecule has 3 nitrogen and oxygen atoms in total. The smallest absolute Gasteiger partial charge is 0.224 e. The molecule has 2 aromatic heterocycles. The third kappa shape index (κ3) is 1.89. The van der Waals surface area contributed by atoms with Gasteiger partial charge in [0.05, 0.1) is 6.26 Å². The summed E-state index contributed by atoms with van der Waals surface area (Å²) in [6, 6.07) is 5.34. The minimum Gasteiger partial charge on any atom is -0.463 e. The molecule has 0 saturated heterocycles. The molecule has 0 radical (unpaired) electrons. The summed E-state index contributed by atoms with van der Waals surface area (Å²) in [5.74, 6) is 0.671. The highest BCUT2D eigenvalue weighted by Gasteiger charge is 2.05. The minimum atomic E-state index is 0.195. The molecular formula is C8H4BrClN2O. The van der Waals surface area contributed by atoms with E-state index in [0.717, 1.165) is 0 Å². The molecule has 0 N–H and O–H groups in total. The molecule has 2 rings (SSSR count). The third-order valence-corrected chi connectivity index (χ3v) is 2.02. The average molecular weight is 259 g/mol. The molecule has 2 aromatic rings. The fraction of sp³-hybridized carbons (Fsp3) is 0. The molecule has 0 atom stereocenters. The predicted molar refractivity (Wildman–Crippen MR) is 52.4 cm³/mol. The summed E-state index contributed by atoms with van der Waals surface area (Å²) in [6.07, 6.45) is 1.58. The second-order valence-electron chi connectivity index (χ2n) is 2.32. The van der Waals surface area contributed by atoms with E-state index in [2.05, 4.69) is 25.9 Å². The Bertz CT molecular complexity index is 396. The van der Waals surface area contributed by atoms with Crippen LogP contribution in [0.3, 0.4) is 0 Å². The fourth-order valence-corrected chi connectivity index (χ4v) is 1.61. The zero-order chi connectivity index (χ0) is 9.26. The van der Waals surface area contributed by atoms with Crippen LogP contribution in [0.15, 0.2) is 33.5 Å². The van der Waals surface area contributed by atoms with Gasteiger partial charge in [-0.05, 0) is 39.7 Å². The first-order valence-corrected chi connectivity index (χ1v) is 4.67. The largest absolute Gasteiger partial charge is 0.463 e. The molecule has 0 aromatic carbocycles. The van der Waals surface area contributed by atoms with Crippen LogP contribution in [0.25, 0.3) is 11.5 Å². The maximum Gasteiger partial charge on any atom is 0.224 e. The Hall–Kier alpha value is -0.870. The normalized spacial score (nSPS) is 10.3. The van der Waals surface area contributed by atoms with E-state index in [9.17, 15) is 0 Å². The maximum atomic E-state index is 5.67. The van der Waals surface area contributed by atoms with E-state index < -0.39 is 0 Å². The second kappa shape index (κ2) is 3.47. The summed E-state index contributed by atoms with van der Waals surface area (Å²) >= 11 is 8.89. The summed E-state index contributed by atoms with van der Waals surface area (Å²) in [5.41, 5.74) is 0.664. The Morgan fingerprint density at radius 1 is 1.38 bits per heavy atom. The molecule has 0 aliphatic rings. The molecule has 2 heterocycles. The van der Waals surface area contributed by atoms with E-state index >= 15 is 0 Å². The molecule has 0 fully saturated rings. The first-order valence-electron chi connectivity index (χ1n) is 3.49. The van der Waals surface area contributed by atoms with Crippen molar-refractivity contribution < 1.29 is 4.42 Å². The van der Waals surface area contributed by atoms with Gasteiger partial charge in [-0.1, -0.05) is 0 Å². The van der Waals surface area contributed by atoms with Gasteiger partial charge >= 0.3 is 0 Å². The van der Waals surface area contributed by atoms with Crippen LogP contribution in [0, 0.1) is 0 Å². The Morgan fingerprint density at radius 2 is 2.23 bits per heavy atom. The number of furan rings is 1. The predicted octanol–water partition coefficient (Wildman–Crippen LogP) is 3.15. The number of hydrogen-bond donors (Lipinski definition) is 0. The van der Waals surface area contributed by atoms with Crippen molar-refractivity contribution in [3.05, 3.63) is 34.3 Å². The monoisotopic (exact) mass is 258 g/mol. The molecule has 5 heteroatoms. The van der Waals surface area contributed by atoms with Crippen molar-refractivity contribution in [3.63, 3.8) is 0 Å². The van der Waals surface area contributed by atoms with E-state index in [4.69, 9.17) is 16.0 Å². The average Bonchev–Trinajstić information content (AvgIpc) is 2.53. The van der Waals surface area contributed by atoms with E-state index in [1.807, 2.05) is 6.07 Å². The molecule has 0 amide bonds. The number of nitrogens with zero attached hydrogens (tertiary/aromatic N) is 2. The summed E-state index contributed by atoms with van der Waals surface area (Å²) in [6.45, 7) is 0. The van der Waals surface area contributed by atoms with Gasteiger partial charge in [0.25, 0.3) is 0 Å². The van der Waals surface area contributed by atoms with Crippen molar-refractivity contribution in [2.75, 3.05) is 0 Å². The molecule has 0 aliphatic heterocycles. The summed E-state index contributed by atoms with van der Waals surface area (Å²) in [4.78, 5) is 7.88. The Morgan fingerprint density at radius 3 is 2.85 bits per heavy atom. The lowest BCUT2D eigenvalue weighted by Gasteiger charge is -1.96. The molecule has 0 bridgehead atoms. The van der Waals surface area contributed by atoms with Crippen LogP contribution in [-0.2, 0) is 0 Å². The number of aromatic nitrogens is 2. The Balaban J connectivity index is 2.53. The van der Waals surface area contributed by atoms with Crippen molar-refractivity contribution in [2.24, 2.45) is 0 Å². The first kappa shape index (κ1) is 8.72. The summed E-state index contributed by atoms with van der Waals surface area (Å²) < 4.78 is 5.80. The Labute approximate surface area is 87.9 Å². The van der Waals surface area contributed by atoms with Gasteiger partial charge in [0, 0.05) is 6.07 Å². The Kier molecular flexibility index (Phi) is 2.33. The fourth-order valence-electron chi connectivity index (χ4n) is 0.940. The molecule has 66 valence electrons. The van der Waals surface area contributed by atoms with Crippen molar-refractivity contribution in [1.82, 2.24) is 9.97 Å². The molecule has 13 heavy (non-hydrogen) atoms. The lowest BCUT2D eigenvalue weighted by Crippen LogP contribution is -1.86. The van der Waals surface area contributed by atoms with Crippen LogP contribution in [0.4, 0.5) is 0 Å². The van der Waals surface area contributed by atoms with Crippen molar-refractivity contribution >= 4 is 27.5 Å². The second-order valence-corrected chi connectivity index (χ2v) is 3.47. The van der Waals surface area contributed by atoms with Gasteiger partial charge in [-0.15, -0.1) is 0 Å². The summed E-state index contributed by atoms with van der Waals surface area (Å²) in [5, 5.41) is 0.195. The van der Waals surface area contributed by atoms with E-state index in [0.29, 0.717) is 16.1 Å². The lowest BCUT2D eigenvalue weighted by molar-refractivity contribution is 0.579. The minimum absolute atomic E-state index is 0.195. The highest BCUT2D eigenvalue weighted by Crippen LogP contribution is 2.21. The third-order valence-electron chi connectivity index (χ3n) is 1.44. The zero-order valence-corrected chi connectivity index (χ0v) is 8.71. The van der Waals surface area contributed by atoms with E-state index in [1.54, 1.807) is 18.4 Å². The molecular weight excluding hydrogens is 255 g/mol. The van der Waals surface area contributed by atoms with Gasteiger partial charge < -0.3 is 4.42 Å². The van der Waals surface area contributed by atoms with Crippen LogP contribution in [-0.4, -0.2) is 9.97 Å². The van der Waals surface area contributed by atoms with Crippen LogP contribution >= 0.6 is 27.5 Å². The van der Waals surface area contributed by atoms with Crippen molar-refractivity contribution in [2.45, 2.75) is 0 Å². The maximum absolute atomic E-state index is 5.67. The van der Waals surface area contributed by atoms with Crippen LogP contribution in [0.2, 0.25) is 5.28 Å². The van der Waals surface area contributed by atoms with Gasteiger partial charge in [-0.3, -0.25) is 0 Å². The molecule has 0 spiro atoms. The van der Waals surface area contributed by atoms with Gasteiger partial charge in [0.15, 0.2) is 5.76 Å². The summed E-state index contributed by atoms with van der Waals surface area (Å²) in [7, 11) is 0. The molecule has 0 unspecified atom stereocenters. The van der Waals surface area contributed by atoms with Crippen molar-refractivity contribution in [3.8, 4) is 11.5 Å². The van der Waals surface area contributed by atoms with Crippen LogP contribution in [0.1, 0.15) is 0 Å². The van der Waals surface area contributed by atoms with Gasteiger partial charge in [0.2, 0.25) is 5.28 Å². The molecule has 0 saturated carbocycles. The van der Waals surface area contributed by atoms with Gasteiger partial charge in [-0.2, -0.15) is 0 Å². The quantitative estimate of drug-likeness (QED) is 0.583. The first-order chi connectivity index (χ1) is 6.25. The lowest BCUT2D eigenvalue weighted by atomic mass is 10.3. The van der Waals surface area contributed by atoms with Gasteiger partial charge in [-0.25, -0.2) is 9.97 Å². The zero-order valence-electron chi connectivity index (χ0n) is 6.37. The van der Waals surface area contributed by atoms with Gasteiger partial charge in [0.1, 0.15) is 10.3 Å². The van der Waals surface area contributed by atoms with E-state index in [-0.39, 0.29) is 5.28 Å². The van der Waals surface area contributed by atoms with Crippen molar-refractivity contribution in [1.29, 1.82) is 0 Å². The number of hydrogen-bond acceptors (Lipinski definition) is 3. The SMILES string of the molecule is Clc1nc(Br)cc(-c2ccco2)n1. The number of rotatable bonds is 1. The van der Waals surface area contributed by atoms with Crippen LogP contribution in [0.5, 0.6) is 0 Å². The van der Waals surface area contributed by atoms with Crippen LogP contribution < -0.4 is 0 Å². The highest BCUT2D eigenvalue weighted by molar-refractivity contribution is 9.10. The standard InChI is InChI=1S/C8H4BrClN2O/c9-7-4-5(11-8(10)12-7)6-2-1-3-13-6/h1-4H. The van der Waals surface area contributed by atoms with E-state index in [1.165, 1.54) is 0 Å². The molecule has 0 aliphatic carbocycles. The highest BCUT2D eigenvalue weighted by atomic mass is 79.9. The topological polar surface area (TPSA) is 38.9 Å². The number of halogens is 2.